The third-order valence-electron chi connectivity index (χ3n) is 3.63. The van der Waals surface area contributed by atoms with E-state index in [4.69, 9.17) is 14.0 Å². The maximum atomic E-state index is 12.3. The number of hydrogen-bond acceptors (Lipinski definition) is 7. The fraction of sp³-hybridized carbons (Fsp3) is 0.250. The Kier molecular flexibility index (Phi) is 6.49. The number of benzene rings is 2. The lowest BCUT2D eigenvalue weighted by molar-refractivity contribution is 0.0734. The van der Waals surface area contributed by atoms with Crippen molar-refractivity contribution in [3.05, 3.63) is 71.4 Å². The standard InChI is InChI=1S/C20H20N2O4S/c1-3-27-13-15-4-6-16(7-5-15)20(23)25-18-10-8-17(9-11-18)24-12-19-21-14(2)22-26-19/h4-11H,3,12-13H2,1-2H3. The SMILES string of the molecule is CCSCc1ccc(C(=O)Oc2ccc(OCc3nc(C)no3)cc2)cc1. The Morgan fingerprint density at radius 2 is 1.78 bits per heavy atom. The first-order valence-electron chi connectivity index (χ1n) is 8.55. The number of rotatable bonds is 8. The Hall–Kier alpha value is -2.80. The first kappa shape index (κ1) is 19.0. The molecule has 0 radical (unpaired) electrons. The van der Waals surface area contributed by atoms with E-state index in [1.165, 1.54) is 5.56 Å². The number of aromatic nitrogens is 2. The summed E-state index contributed by atoms with van der Waals surface area (Å²) in [6, 6.07) is 14.3. The highest BCUT2D eigenvalue weighted by Gasteiger charge is 2.09. The van der Waals surface area contributed by atoms with E-state index in [2.05, 4.69) is 17.1 Å². The molecule has 6 nitrogen and oxygen atoms in total. The van der Waals surface area contributed by atoms with Crippen molar-refractivity contribution in [2.75, 3.05) is 5.75 Å². The van der Waals surface area contributed by atoms with Gasteiger partial charge in [-0.1, -0.05) is 24.2 Å². The first-order valence-corrected chi connectivity index (χ1v) is 9.70. The van der Waals surface area contributed by atoms with Crippen LogP contribution in [0.15, 0.2) is 53.1 Å². The molecule has 0 amide bonds. The van der Waals surface area contributed by atoms with Gasteiger partial charge in [0, 0.05) is 5.75 Å². The van der Waals surface area contributed by atoms with Gasteiger partial charge < -0.3 is 14.0 Å². The Labute approximate surface area is 161 Å². The Bertz CT molecular complexity index is 876. The van der Waals surface area contributed by atoms with Crippen LogP contribution in [-0.4, -0.2) is 21.9 Å². The molecule has 3 rings (SSSR count). The van der Waals surface area contributed by atoms with Crippen LogP contribution in [0, 0.1) is 6.92 Å². The van der Waals surface area contributed by atoms with Gasteiger partial charge in [-0.2, -0.15) is 16.7 Å². The lowest BCUT2D eigenvalue weighted by atomic mass is 10.1. The second kappa shape index (κ2) is 9.23. The number of carbonyl (C=O) groups excluding carboxylic acids is 1. The zero-order valence-electron chi connectivity index (χ0n) is 15.2. The lowest BCUT2D eigenvalue weighted by Gasteiger charge is -2.07. The van der Waals surface area contributed by atoms with Crippen LogP contribution in [0.5, 0.6) is 11.5 Å². The second-order valence-corrected chi connectivity index (χ2v) is 6.99. The van der Waals surface area contributed by atoms with Crippen LogP contribution in [0.4, 0.5) is 0 Å². The average Bonchev–Trinajstić information content (AvgIpc) is 3.11. The fourth-order valence-electron chi connectivity index (χ4n) is 2.27. The van der Waals surface area contributed by atoms with Crippen molar-refractivity contribution in [2.45, 2.75) is 26.2 Å². The van der Waals surface area contributed by atoms with Gasteiger partial charge >= 0.3 is 5.97 Å². The summed E-state index contributed by atoms with van der Waals surface area (Å²) < 4.78 is 15.9. The Morgan fingerprint density at radius 1 is 1.07 bits per heavy atom. The molecule has 2 aromatic carbocycles. The molecule has 140 valence electrons. The van der Waals surface area contributed by atoms with E-state index in [0.717, 1.165) is 11.5 Å². The lowest BCUT2D eigenvalue weighted by Crippen LogP contribution is -2.08. The number of thioether (sulfide) groups is 1. The van der Waals surface area contributed by atoms with Gasteiger partial charge in [0.2, 0.25) is 0 Å². The highest BCUT2D eigenvalue weighted by Crippen LogP contribution is 2.20. The second-order valence-electron chi connectivity index (χ2n) is 5.72. The number of hydrogen-bond donors (Lipinski definition) is 0. The van der Waals surface area contributed by atoms with Crippen molar-refractivity contribution < 1.29 is 18.8 Å². The average molecular weight is 384 g/mol. The maximum Gasteiger partial charge on any atom is 0.343 e. The van der Waals surface area contributed by atoms with Crippen LogP contribution in [0.25, 0.3) is 0 Å². The zero-order chi connectivity index (χ0) is 19.1. The molecule has 0 N–H and O–H groups in total. The minimum Gasteiger partial charge on any atom is -0.484 e. The molecule has 0 atom stereocenters. The molecule has 0 fully saturated rings. The van der Waals surface area contributed by atoms with Crippen LogP contribution >= 0.6 is 11.8 Å². The highest BCUT2D eigenvalue weighted by atomic mass is 32.2. The van der Waals surface area contributed by atoms with E-state index in [1.54, 1.807) is 43.3 Å². The van der Waals surface area contributed by atoms with Gasteiger partial charge in [0.25, 0.3) is 5.89 Å². The molecule has 1 heterocycles. The number of ether oxygens (including phenoxy) is 2. The molecule has 0 unspecified atom stereocenters. The van der Waals surface area contributed by atoms with E-state index in [9.17, 15) is 4.79 Å². The number of nitrogens with zero attached hydrogens (tertiary/aromatic N) is 2. The molecular formula is C20H20N2O4S. The Morgan fingerprint density at radius 3 is 2.41 bits per heavy atom. The molecule has 0 bridgehead atoms. The molecular weight excluding hydrogens is 364 g/mol. The van der Waals surface area contributed by atoms with Crippen molar-refractivity contribution in [3.8, 4) is 11.5 Å². The number of carbonyl (C=O) groups is 1. The summed E-state index contributed by atoms with van der Waals surface area (Å²) in [6.45, 7) is 4.05. The topological polar surface area (TPSA) is 74.5 Å². The third-order valence-corrected chi connectivity index (χ3v) is 4.57. The molecule has 0 saturated heterocycles. The molecule has 0 aliphatic rings. The zero-order valence-corrected chi connectivity index (χ0v) is 16.0. The maximum absolute atomic E-state index is 12.3. The smallest absolute Gasteiger partial charge is 0.343 e. The molecule has 27 heavy (non-hydrogen) atoms. The normalized spacial score (nSPS) is 10.6. The van der Waals surface area contributed by atoms with Crippen LogP contribution in [-0.2, 0) is 12.4 Å². The molecule has 7 heteroatoms. The molecule has 0 aliphatic heterocycles. The summed E-state index contributed by atoms with van der Waals surface area (Å²) in [4.78, 5) is 16.3. The van der Waals surface area contributed by atoms with E-state index < -0.39 is 0 Å². The predicted octanol–water partition coefficient (Wildman–Crippen LogP) is 4.43. The van der Waals surface area contributed by atoms with Gasteiger partial charge in [0.1, 0.15) is 11.5 Å². The summed E-state index contributed by atoms with van der Waals surface area (Å²) in [5.74, 6) is 3.65. The number of esters is 1. The third kappa shape index (κ3) is 5.59. The van der Waals surface area contributed by atoms with Gasteiger partial charge in [-0.3, -0.25) is 0 Å². The van der Waals surface area contributed by atoms with Crippen LogP contribution in [0.1, 0.15) is 34.6 Å². The minimum absolute atomic E-state index is 0.183. The van der Waals surface area contributed by atoms with Gasteiger partial charge in [-0.15, -0.1) is 0 Å². The van der Waals surface area contributed by atoms with Crippen molar-refractivity contribution in [3.63, 3.8) is 0 Å². The largest absolute Gasteiger partial charge is 0.484 e. The van der Waals surface area contributed by atoms with Crippen molar-refractivity contribution in [2.24, 2.45) is 0 Å². The van der Waals surface area contributed by atoms with Crippen molar-refractivity contribution in [1.82, 2.24) is 10.1 Å². The summed E-state index contributed by atoms with van der Waals surface area (Å²) in [6.07, 6.45) is 0. The summed E-state index contributed by atoms with van der Waals surface area (Å²) >= 11 is 1.84. The van der Waals surface area contributed by atoms with E-state index in [1.807, 2.05) is 23.9 Å². The van der Waals surface area contributed by atoms with Gasteiger partial charge in [-0.25, -0.2) is 4.79 Å². The van der Waals surface area contributed by atoms with Crippen LogP contribution in [0.3, 0.4) is 0 Å². The van der Waals surface area contributed by atoms with E-state index >= 15 is 0 Å². The summed E-state index contributed by atoms with van der Waals surface area (Å²) in [7, 11) is 0. The van der Waals surface area contributed by atoms with E-state index in [0.29, 0.717) is 28.8 Å². The van der Waals surface area contributed by atoms with Crippen LogP contribution in [0.2, 0.25) is 0 Å². The van der Waals surface area contributed by atoms with Gasteiger partial charge in [0.05, 0.1) is 5.56 Å². The predicted molar refractivity (Wildman–Crippen MR) is 103 cm³/mol. The monoisotopic (exact) mass is 384 g/mol. The van der Waals surface area contributed by atoms with Crippen molar-refractivity contribution in [1.29, 1.82) is 0 Å². The summed E-state index contributed by atoms with van der Waals surface area (Å²) in [5.41, 5.74) is 1.71. The van der Waals surface area contributed by atoms with Gasteiger partial charge in [0.15, 0.2) is 12.4 Å². The highest BCUT2D eigenvalue weighted by molar-refractivity contribution is 7.98. The fourth-order valence-corrected chi connectivity index (χ4v) is 2.90. The molecule has 0 aliphatic carbocycles. The summed E-state index contributed by atoms with van der Waals surface area (Å²) in [5, 5.41) is 3.70. The molecule has 3 aromatic rings. The number of aryl methyl sites for hydroxylation is 1. The van der Waals surface area contributed by atoms with Crippen molar-refractivity contribution >= 4 is 17.7 Å². The molecule has 0 spiro atoms. The van der Waals surface area contributed by atoms with Crippen LogP contribution < -0.4 is 9.47 Å². The quantitative estimate of drug-likeness (QED) is 0.420. The molecule has 1 aromatic heterocycles. The first-order chi connectivity index (χ1) is 13.1. The van der Waals surface area contributed by atoms with E-state index in [-0.39, 0.29) is 12.6 Å². The Balaban J connectivity index is 1.53. The minimum atomic E-state index is -0.389. The van der Waals surface area contributed by atoms with Gasteiger partial charge in [-0.05, 0) is 54.6 Å². The molecule has 0 saturated carbocycles.